The molecule has 0 atom stereocenters. The van der Waals surface area contributed by atoms with Gasteiger partial charge in [-0.25, -0.2) is 12.8 Å². The molecule has 0 bridgehead atoms. The van der Waals surface area contributed by atoms with Crippen molar-refractivity contribution in [3.05, 3.63) is 28.5 Å². The molecule has 1 aromatic rings. The van der Waals surface area contributed by atoms with Crippen LogP contribution in [0.4, 0.5) is 4.39 Å². The lowest BCUT2D eigenvalue weighted by Crippen LogP contribution is -2.58. The number of benzene rings is 1. The quantitative estimate of drug-likeness (QED) is 0.867. The number of carboxylic acid groups (broad SMARTS) is 1. The molecule has 0 heterocycles. The van der Waals surface area contributed by atoms with Crippen LogP contribution in [0, 0.1) is 5.82 Å². The van der Waals surface area contributed by atoms with Gasteiger partial charge in [0.15, 0.2) is 0 Å². The zero-order valence-electron chi connectivity index (χ0n) is 9.69. The fraction of sp³-hybridized carbons (Fsp3) is 0.364. The van der Waals surface area contributed by atoms with Crippen LogP contribution in [0.3, 0.4) is 0 Å². The monoisotopic (exact) mass is 351 g/mol. The molecule has 19 heavy (non-hydrogen) atoms. The molecule has 8 heteroatoms. The van der Waals surface area contributed by atoms with E-state index in [1.54, 1.807) is 0 Å². The lowest BCUT2D eigenvalue weighted by Gasteiger charge is -2.37. The minimum Gasteiger partial charge on any atom is -0.480 e. The molecule has 0 unspecified atom stereocenters. The van der Waals surface area contributed by atoms with E-state index in [2.05, 4.69) is 20.7 Å². The van der Waals surface area contributed by atoms with Crippen molar-refractivity contribution in [1.29, 1.82) is 0 Å². The Labute approximate surface area is 118 Å². The predicted octanol–water partition coefficient (Wildman–Crippen LogP) is 1.87. The van der Waals surface area contributed by atoms with E-state index in [1.807, 2.05) is 0 Å². The summed E-state index contributed by atoms with van der Waals surface area (Å²) in [7, 11) is -4.20. The highest BCUT2D eigenvalue weighted by Crippen LogP contribution is 2.34. The lowest BCUT2D eigenvalue weighted by atomic mass is 9.78. The van der Waals surface area contributed by atoms with E-state index in [1.165, 1.54) is 6.07 Å². The van der Waals surface area contributed by atoms with E-state index in [0.29, 0.717) is 10.9 Å². The third-order valence-corrected chi connectivity index (χ3v) is 5.19. The topological polar surface area (TPSA) is 83.5 Å². The Kier molecular flexibility index (Phi) is 3.67. The van der Waals surface area contributed by atoms with Crippen molar-refractivity contribution in [3.63, 3.8) is 0 Å². The van der Waals surface area contributed by atoms with E-state index < -0.39 is 32.2 Å². The molecule has 2 rings (SSSR count). The first-order valence-corrected chi connectivity index (χ1v) is 7.77. The molecule has 1 aliphatic carbocycles. The molecule has 1 aromatic carbocycles. The van der Waals surface area contributed by atoms with Gasteiger partial charge < -0.3 is 5.11 Å². The normalized spacial score (nSPS) is 17.8. The van der Waals surface area contributed by atoms with Crippen LogP contribution in [0.5, 0.6) is 0 Å². The van der Waals surface area contributed by atoms with Gasteiger partial charge in [-0.05, 0) is 37.5 Å². The summed E-state index contributed by atoms with van der Waals surface area (Å²) in [6.45, 7) is 0. The zero-order valence-corrected chi connectivity index (χ0v) is 12.1. The molecule has 0 saturated heterocycles. The number of hydrogen-bond acceptors (Lipinski definition) is 3. The summed E-state index contributed by atoms with van der Waals surface area (Å²) < 4.78 is 40.2. The molecule has 0 radical (unpaired) electrons. The smallest absolute Gasteiger partial charge is 0.324 e. The Hall–Kier alpha value is -0.990. The van der Waals surface area contributed by atoms with Crippen LogP contribution in [0.2, 0.25) is 0 Å². The molecular formula is C11H11BrFNO4S. The number of aliphatic carboxylic acids is 1. The number of sulfonamides is 1. The highest BCUT2D eigenvalue weighted by molar-refractivity contribution is 9.10. The van der Waals surface area contributed by atoms with Gasteiger partial charge in [0.1, 0.15) is 16.3 Å². The van der Waals surface area contributed by atoms with Gasteiger partial charge in [0.25, 0.3) is 0 Å². The first kappa shape index (κ1) is 14.4. The van der Waals surface area contributed by atoms with Crippen LogP contribution < -0.4 is 4.72 Å². The predicted molar refractivity (Wildman–Crippen MR) is 68.6 cm³/mol. The highest BCUT2D eigenvalue weighted by atomic mass is 79.9. The average Bonchev–Trinajstić information content (AvgIpc) is 2.22. The van der Waals surface area contributed by atoms with Crippen LogP contribution in [-0.4, -0.2) is 25.0 Å². The summed E-state index contributed by atoms with van der Waals surface area (Å²) in [5.74, 6) is -2.17. The molecular weight excluding hydrogens is 341 g/mol. The molecule has 104 valence electrons. The van der Waals surface area contributed by atoms with Gasteiger partial charge in [-0.15, -0.1) is 0 Å². The molecule has 2 N–H and O–H groups in total. The SMILES string of the molecule is O=C(O)C1(NS(=O)(=O)c2ccc(Br)cc2F)CCC1. The summed E-state index contributed by atoms with van der Waals surface area (Å²) >= 11 is 3.02. The molecule has 1 saturated carbocycles. The lowest BCUT2D eigenvalue weighted by molar-refractivity contribution is -0.147. The van der Waals surface area contributed by atoms with Crippen molar-refractivity contribution in [3.8, 4) is 0 Å². The molecule has 0 aromatic heterocycles. The first-order chi connectivity index (χ1) is 8.77. The summed E-state index contributed by atoms with van der Waals surface area (Å²) in [6.07, 6.45) is 1.04. The van der Waals surface area contributed by atoms with Gasteiger partial charge in [-0.2, -0.15) is 4.72 Å². The fourth-order valence-electron chi connectivity index (χ4n) is 1.90. The number of carboxylic acids is 1. The number of carbonyl (C=O) groups is 1. The minimum atomic E-state index is -4.20. The van der Waals surface area contributed by atoms with Crippen LogP contribution in [0.1, 0.15) is 19.3 Å². The van der Waals surface area contributed by atoms with Gasteiger partial charge in [0.2, 0.25) is 10.0 Å². The minimum absolute atomic E-state index is 0.208. The maximum absolute atomic E-state index is 13.6. The number of rotatable bonds is 4. The van der Waals surface area contributed by atoms with Gasteiger partial charge >= 0.3 is 5.97 Å². The van der Waals surface area contributed by atoms with Crippen molar-refractivity contribution < 1.29 is 22.7 Å². The van der Waals surface area contributed by atoms with Crippen LogP contribution in [0.15, 0.2) is 27.6 Å². The fourth-order valence-corrected chi connectivity index (χ4v) is 3.71. The molecule has 0 aliphatic heterocycles. The third-order valence-electron chi connectivity index (χ3n) is 3.13. The second-order valence-corrected chi connectivity index (χ2v) is 6.99. The van der Waals surface area contributed by atoms with Crippen molar-refractivity contribution in [2.24, 2.45) is 0 Å². The summed E-state index contributed by atoms with van der Waals surface area (Å²) in [5, 5.41) is 9.08. The Bertz CT molecular complexity index is 628. The average molecular weight is 352 g/mol. The van der Waals surface area contributed by atoms with Crippen LogP contribution in [-0.2, 0) is 14.8 Å². The number of halogens is 2. The second-order valence-electron chi connectivity index (χ2n) is 4.42. The van der Waals surface area contributed by atoms with E-state index >= 15 is 0 Å². The van der Waals surface area contributed by atoms with Crippen molar-refractivity contribution in [2.75, 3.05) is 0 Å². The molecule has 0 spiro atoms. The molecule has 5 nitrogen and oxygen atoms in total. The standard InChI is InChI=1S/C11H11BrFNO4S/c12-7-2-3-9(8(13)6-7)19(17,18)14-11(10(15)16)4-1-5-11/h2-3,6,14H,1,4-5H2,(H,15,16). The highest BCUT2D eigenvalue weighted by Gasteiger charge is 2.47. The van der Waals surface area contributed by atoms with Gasteiger partial charge in [-0.1, -0.05) is 15.9 Å². The zero-order chi connectivity index (χ0) is 14.3. The number of nitrogens with one attached hydrogen (secondary N) is 1. The van der Waals surface area contributed by atoms with Crippen molar-refractivity contribution >= 4 is 31.9 Å². The van der Waals surface area contributed by atoms with Gasteiger partial charge in [-0.3, -0.25) is 4.79 Å². The van der Waals surface area contributed by atoms with Gasteiger partial charge in [0.05, 0.1) is 0 Å². The second kappa shape index (κ2) is 4.84. The Morgan fingerprint density at radius 3 is 2.47 bits per heavy atom. The third kappa shape index (κ3) is 2.65. The maximum Gasteiger partial charge on any atom is 0.324 e. The molecule has 1 aliphatic rings. The van der Waals surface area contributed by atoms with Crippen LogP contribution in [0.25, 0.3) is 0 Å². The Morgan fingerprint density at radius 1 is 1.42 bits per heavy atom. The Morgan fingerprint density at radius 2 is 2.05 bits per heavy atom. The van der Waals surface area contributed by atoms with E-state index in [0.717, 1.165) is 12.1 Å². The summed E-state index contributed by atoms with van der Waals surface area (Å²) in [5.41, 5.74) is -1.50. The number of hydrogen-bond donors (Lipinski definition) is 2. The van der Waals surface area contributed by atoms with Gasteiger partial charge in [0, 0.05) is 4.47 Å². The van der Waals surface area contributed by atoms with E-state index in [9.17, 15) is 17.6 Å². The summed E-state index contributed by atoms with van der Waals surface area (Å²) in [4.78, 5) is 10.6. The Balaban J connectivity index is 2.35. The first-order valence-electron chi connectivity index (χ1n) is 5.49. The maximum atomic E-state index is 13.6. The van der Waals surface area contributed by atoms with E-state index in [-0.39, 0.29) is 12.8 Å². The van der Waals surface area contributed by atoms with Crippen molar-refractivity contribution in [2.45, 2.75) is 29.7 Å². The molecule has 0 amide bonds. The largest absolute Gasteiger partial charge is 0.480 e. The van der Waals surface area contributed by atoms with E-state index in [4.69, 9.17) is 5.11 Å². The van der Waals surface area contributed by atoms with Crippen molar-refractivity contribution in [1.82, 2.24) is 4.72 Å². The molecule has 1 fully saturated rings. The summed E-state index contributed by atoms with van der Waals surface area (Å²) in [6, 6.07) is 3.49. The van der Waals surface area contributed by atoms with Crippen LogP contribution >= 0.6 is 15.9 Å².